The number of rotatable bonds is 3. The Morgan fingerprint density at radius 2 is 2.05 bits per heavy atom. The molecule has 1 aliphatic heterocycles. The predicted molar refractivity (Wildman–Crippen MR) is 73.6 cm³/mol. The number of benzene rings is 1. The van der Waals surface area contributed by atoms with Crippen molar-refractivity contribution in [2.75, 3.05) is 18.1 Å². The van der Waals surface area contributed by atoms with Crippen LogP contribution < -0.4 is 16.8 Å². The van der Waals surface area contributed by atoms with Gasteiger partial charge in [0.25, 0.3) is 5.91 Å². The molecule has 1 aromatic rings. The second-order valence-corrected chi connectivity index (χ2v) is 5.39. The number of hydrogen-bond donors (Lipinski definition) is 3. The van der Waals surface area contributed by atoms with Crippen molar-refractivity contribution < 1.29 is 9.53 Å². The van der Waals surface area contributed by atoms with Crippen molar-refractivity contribution in [2.24, 2.45) is 5.92 Å². The molecule has 1 aliphatic carbocycles. The zero-order chi connectivity index (χ0) is 13.4. The summed E-state index contributed by atoms with van der Waals surface area (Å²) < 4.78 is 5.71. The van der Waals surface area contributed by atoms with E-state index in [2.05, 4.69) is 5.32 Å². The summed E-state index contributed by atoms with van der Waals surface area (Å²) in [6.45, 7) is 0.726. The number of nitrogens with one attached hydrogen (secondary N) is 1. The molecule has 5 N–H and O–H groups in total. The van der Waals surface area contributed by atoms with Gasteiger partial charge in [0.1, 0.15) is 0 Å². The molecule has 1 saturated heterocycles. The average Bonchev–Trinajstić information content (AvgIpc) is 3.10. The van der Waals surface area contributed by atoms with E-state index in [1.807, 2.05) is 0 Å². The fraction of sp³-hybridized carbons (Fsp3) is 0.500. The van der Waals surface area contributed by atoms with Gasteiger partial charge < -0.3 is 21.5 Å². The van der Waals surface area contributed by atoms with E-state index in [9.17, 15) is 4.79 Å². The highest BCUT2D eigenvalue weighted by molar-refractivity contribution is 5.99. The smallest absolute Gasteiger partial charge is 0.253 e. The normalized spacial score (nSPS) is 26.3. The molecule has 1 amide bonds. The van der Waals surface area contributed by atoms with Crippen molar-refractivity contribution in [2.45, 2.75) is 31.4 Å². The summed E-state index contributed by atoms with van der Waals surface area (Å²) in [7, 11) is 0. The summed E-state index contributed by atoms with van der Waals surface area (Å²) in [6, 6.07) is 5.08. The molecule has 2 unspecified atom stereocenters. The zero-order valence-electron chi connectivity index (χ0n) is 10.8. The Morgan fingerprint density at radius 3 is 2.74 bits per heavy atom. The number of anilines is 2. The Morgan fingerprint density at radius 1 is 1.26 bits per heavy atom. The van der Waals surface area contributed by atoms with Gasteiger partial charge in [0.15, 0.2) is 0 Å². The minimum Gasteiger partial charge on any atom is -0.399 e. The third-order valence-corrected chi connectivity index (χ3v) is 3.86. The first-order valence-electron chi connectivity index (χ1n) is 6.72. The summed E-state index contributed by atoms with van der Waals surface area (Å²) in [6.07, 6.45) is 3.48. The van der Waals surface area contributed by atoms with E-state index in [1.54, 1.807) is 18.2 Å². The van der Waals surface area contributed by atoms with Crippen LogP contribution in [0.1, 0.15) is 29.6 Å². The van der Waals surface area contributed by atoms with E-state index in [1.165, 1.54) is 12.8 Å². The van der Waals surface area contributed by atoms with Gasteiger partial charge in [-0.3, -0.25) is 4.79 Å². The lowest BCUT2D eigenvalue weighted by molar-refractivity contribution is 0.0730. The number of hydrogen-bond acceptors (Lipinski definition) is 4. The fourth-order valence-corrected chi connectivity index (χ4v) is 2.69. The Hall–Kier alpha value is -1.75. The summed E-state index contributed by atoms with van der Waals surface area (Å²) in [4.78, 5) is 12.2. The summed E-state index contributed by atoms with van der Waals surface area (Å²) in [5.74, 6) is 0.482. The molecule has 2 fully saturated rings. The zero-order valence-corrected chi connectivity index (χ0v) is 10.8. The molecule has 0 bridgehead atoms. The van der Waals surface area contributed by atoms with Gasteiger partial charge in [-0.05, 0) is 43.4 Å². The van der Waals surface area contributed by atoms with Crippen LogP contribution >= 0.6 is 0 Å². The number of carbonyl (C=O) groups is 1. The van der Waals surface area contributed by atoms with E-state index < -0.39 is 0 Å². The Labute approximate surface area is 112 Å². The van der Waals surface area contributed by atoms with Crippen molar-refractivity contribution in [3.63, 3.8) is 0 Å². The first kappa shape index (κ1) is 12.3. The molecule has 5 heteroatoms. The van der Waals surface area contributed by atoms with E-state index in [0.29, 0.717) is 22.9 Å². The van der Waals surface area contributed by atoms with Crippen molar-refractivity contribution in [1.82, 2.24) is 5.32 Å². The highest BCUT2D eigenvalue weighted by Gasteiger charge is 2.41. The van der Waals surface area contributed by atoms with Crippen molar-refractivity contribution in [3.8, 4) is 0 Å². The van der Waals surface area contributed by atoms with E-state index in [4.69, 9.17) is 16.2 Å². The maximum atomic E-state index is 12.2. The molecule has 1 heterocycles. The first-order valence-corrected chi connectivity index (χ1v) is 6.72. The average molecular weight is 261 g/mol. The lowest BCUT2D eigenvalue weighted by Crippen LogP contribution is -2.41. The van der Waals surface area contributed by atoms with Crippen LogP contribution in [0.25, 0.3) is 0 Å². The third-order valence-electron chi connectivity index (χ3n) is 3.86. The molecule has 19 heavy (non-hydrogen) atoms. The van der Waals surface area contributed by atoms with Crippen molar-refractivity contribution in [3.05, 3.63) is 23.8 Å². The first-order chi connectivity index (χ1) is 9.15. The topological polar surface area (TPSA) is 90.4 Å². The quantitative estimate of drug-likeness (QED) is 0.712. The maximum Gasteiger partial charge on any atom is 0.253 e. The van der Waals surface area contributed by atoms with Crippen LogP contribution in [0, 0.1) is 5.92 Å². The van der Waals surface area contributed by atoms with Gasteiger partial charge in [-0.15, -0.1) is 0 Å². The fourth-order valence-electron chi connectivity index (χ4n) is 2.69. The van der Waals surface area contributed by atoms with Gasteiger partial charge in [-0.2, -0.15) is 0 Å². The van der Waals surface area contributed by atoms with E-state index in [-0.39, 0.29) is 18.1 Å². The highest BCUT2D eigenvalue weighted by atomic mass is 16.5. The number of nitrogens with two attached hydrogens (primary N) is 2. The predicted octanol–water partition coefficient (Wildman–Crippen LogP) is 1.15. The number of amides is 1. The van der Waals surface area contributed by atoms with Gasteiger partial charge >= 0.3 is 0 Å². The number of carbonyl (C=O) groups excluding carboxylic acids is 1. The summed E-state index contributed by atoms with van der Waals surface area (Å²) >= 11 is 0. The van der Waals surface area contributed by atoms with Gasteiger partial charge in [0.2, 0.25) is 0 Å². The molecule has 0 radical (unpaired) electrons. The van der Waals surface area contributed by atoms with Crippen LogP contribution in [0.3, 0.4) is 0 Å². The van der Waals surface area contributed by atoms with Gasteiger partial charge in [-0.1, -0.05) is 0 Å². The molecular weight excluding hydrogens is 242 g/mol. The SMILES string of the molecule is Nc1ccc(C(=O)NC2CCOC2C2CC2)c(N)c1. The number of ether oxygens (including phenoxy) is 1. The van der Waals surface area contributed by atoms with Crippen LogP contribution in [-0.2, 0) is 4.74 Å². The molecule has 2 aliphatic rings. The lowest BCUT2D eigenvalue weighted by atomic mass is 10.0. The second-order valence-electron chi connectivity index (χ2n) is 5.39. The third kappa shape index (κ3) is 2.51. The second kappa shape index (κ2) is 4.74. The van der Waals surface area contributed by atoms with Crippen molar-refractivity contribution >= 4 is 17.3 Å². The molecule has 2 atom stereocenters. The van der Waals surface area contributed by atoms with Crippen LogP contribution in [0.5, 0.6) is 0 Å². The van der Waals surface area contributed by atoms with Gasteiger partial charge in [0, 0.05) is 18.0 Å². The molecule has 1 saturated carbocycles. The summed E-state index contributed by atoms with van der Waals surface area (Å²) in [5, 5.41) is 3.04. The van der Waals surface area contributed by atoms with E-state index >= 15 is 0 Å². The van der Waals surface area contributed by atoms with E-state index in [0.717, 1.165) is 13.0 Å². The minimum atomic E-state index is -0.140. The van der Waals surface area contributed by atoms with Crippen molar-refractivity contribution in [1.29, 1.82) is 0 Å². The van der Waals surface area contributed by atoms with Crippen LogP contribution in [0.4, 0.5) is 11.4 Å². The molecule has 1 aromatic carbocycles. The maximum absolute atomic E-state index is 12.2. The van der Waals surface area contributed by atoms with Crippen LogP contribution in [0.2, 0.25) is 0 Å². The highest BCUT2D eigenvalue weighted by Crippen LogP contribution is 2.38. The molecule has 5 nitrogen and oxygen atoms in total. The lowest BCUT2D eigenvalue weighted by Gasteiger charge is -2.20. The van der Waals surface area contributed by atoms with Gasteiger partial charge in [-0.25, -0.2) is 0 Å². The molecular formula is C14H19N3O2. The Kier molecular flexibility index (Phi) is 3.06. The molecule has 0 spiro atoms. The van der Waals surface area contributed by atoms with Crippen LogP contribution in [-0.4, -0.2) is 24.7 Å². The standard InChI is InChI=1S/C14H19N3O2/c15-9-3-4-10(11(16)7-9)14(18)17-12-5-6-19-13(12)8-1-2-8/h3-4,7-8,12-13H,1-2,5-6,15-16H2,(H,17,18). The monoisotopic (exact) mass is 261 g/mol. The molecule has 102 valence electrons. The number of nitrogen functional groups attached to an aromatic ring is 2. The minimum absolute atomic E-state index is 0.108. The Balaban J connectivity index is 1.70. The molecule has 0 aromatic heterocycles. The largest absolute Gasteiger partial charge is 0.399 e. The van der Waals surface area contributed by atoms with Crippen LogP contribution in [0.15, 0.2) is 18.2 Å². The molecule has 3 rings (SSSR count). The van der Waals surface area contributed by atoms with Gasteiger partial charge in [0.05, 0.1) is 17.7 Å². The Bertz CT molecular complexity index is 499. The summed E-state index contributed by atoms with van der Waals surface area (Å²) in [5.41, 5.74) is 12.9.